The van der Waals surface area contributed by atoms with Crippen molar-refractivity contribution in [2.45, 2.75) is 0 Å². The quantitative estimate of drug-likeness (QED) is 0.768. The number of hydrogen-bond donors (Lipinski definition) is 1. The third kappa shape index (κ3) is 1.99. The second kappa shape index (κ2) is 4.86. The van der Waals surface area contributed by atoms with Gasteiger partial charge in [-0.25, -0.2) is 4.98 Å². The van der Waals surface area contributed by atoms with Crippen molar-refractivity contribution in [1.29, 1.82) is 5.26 Å². The minimum Gasteiger partial charge on any atom is -0.398 e. The van der Waals surface area contributed by atoms with Crippen LogP contribution in [0.25, 0.3) is 16.9 Å². The molecule has 2 heterocycles. The van der Waals surface area contributed by atoms with Gasteiger partial charge in [-0.2, -0.15) is 5.26 Å². The van der Waals surface area contributed by atoms with E-state index < -0.39 is 0 Å². The molecule has 20 heavy (non-hydrogen) atoms. The molecule has 3 aromatic rings. The first-order valence-corrected chi connectivity index (χ1v) is 6.02. The second-order valence-electron chi connectivity index (χ2n) is 4.27. The van der Waals surface area contributed by atoms with Gasteiger partial charge in [0.05, 0.1) is 29.9 Å². The second-order valence-corrected chi connectivity index (χ2v) is 4.27. The van der Waals surface area contributed by atoms with Crippen molar-refractivity contribution in [1.82, 2.24) is 14.5 Å². The predicted molar refractivity (Wildman–Crippen MR) is 75.9 cm³/mol. The molecule has 0 amide bonds. The van der Waals surface area contributed by atoms with Crippen LogP contribution in [0.1, 0.15) is 5.56 Å². The van der Waals surface area contributed by atoms with E-state index in [1.807, 2.05) is 16.7 Å². The van der Waals surface area contributed by atoms with E-state index in [1.165, 1.54) is 0 Å². The molecule has 0 atom stereocenters. The number of benzene rings is 1. The highest BCUT2D eigenvalue weighted by Crippen LogP contribution is 2.26. The van der Waals surface area contributed by atoms with Gasteiger partial charge in [-0.15, -0.1) is 0 Å². The van der Waals surface area contributed by atoms with Crippen molar-refractivity contribution >= 4 is 5.69 Å². The van der Waals surface area contributed by atoms with Gasteiger partial charge in [-0.1, -0.05) is 0 Å². The Hall–Kier alpha value is -3.13. The molecule has 0 saturated carbocycles. The molecular formula is C15H11N5. The van der Waals surface area contributed by atoms with Gasteiger partial charge in [0.25, 0.3) is 0 Å². The summed E-state index contributed by atoms with van der Waals surface area (Å²) >= 11 is 0. The number of nitriles is 1. The highest BCUT2D eigenvalue weighted by Gasteiger charge is 2.09. The molecule has 0 radical (unpaired) electrons. The lowest BCUT2D eigenvalue weighted by molar-refractivity contribution is 1.06. The first-order chi connectivity index (χ1) is 9.79. The Balaban J connectivity index is 2.11. The van der Waals surface area contributed by atoms with Crippen molar-refractivity contribution in [2.75, 3.05) is 5.73 Å². The maximum Gasteiger partial charge on any atom is 0.0997 e. The Kier molecular flexibility index (Phi) is 2.90. The number of rotatable bonds is 2. The summed E-state index contributed by atoms with van der Waals surface area (Å²) in [6.07, 6.45) is 6.82. The van der Waals surface area contributed by atoms with Crippen molar-refractivity contribution in [3.8, 4) is 23.0 Å². The van der Waals surface area contributed by atoms with E-state index in [0.717, 1.165) is 16.9 Å². The smallest absolute Gasteiger partial charge is 0.0997 e. The Morgan fingerprint density at radius 2 is 1.85 bits per heavy atom. The van der Waals surface area contributed by atoms with Crippen molar-refractivity contribution in [3.05, 3.63) is 60.8 Å². The third-order valence-electron chi connectivity index (χ3n) is 3.04. The molecule has 2 aromatic heterocycles. The van der Waals surface area contributed by atoms with Gasteiger partial charge in [0, 0.05) is 29.3 Å². The number of anilines is 1. The predicted octanol–water partition coefficient (Wildman–Crippen LogP) is 2.39. The van der Waals surface area contributed by atoms with E-state index in [4.69, 9.17) is 11.0 Å². The number of hydrogen-bond acceptors (Lipinski definition) is 4. The highest BCUT2D eigenvalue weighted by molar-refractivity contribution is 5.73. The molecule has 0 aliphatic rings. The van der Waals surface area contributed by atoms with Crippen LogP contribution in [0.4, 0.5) is 5.69 Å². The Labute approximate surface area is 116 Å². The third-order valence-corrected chi connectivity index (χ3v) is 3.04. The van der Waals surface area contributed by atoms with Gasteiger partial charge < -0.3 is 5.73 Å². The molecule has 1 aromatic carbocycles. The van der Waals surface area contributed by atoms with Crippen molar-refractivity contribution < 1.29 is 0 Å². The van der Waals surface area contributed by atoms with Gasteiger partial charge in [-0.3, -0.25) is 9.55 Å². The summed E-state index contributed by atoms with van der Waals surface area (Å²) in [6, 6.07) is 11.1. The number of pyridine rings is 1. The lowest BCUT2D eigenvalue weighted by Crippen LogP contribution is -1.98. The zero-order chi connectivity index (χ0) is 13.9. The molecule has 0 bridgehead atoms. The van der Waals surface area contributed by atoms with E-state index in [0.29, 0.717) is 11.3 Å². The minimum absolute atomic E-state index is 0.622. The highest BCUT2D eigenvalue weighted by atomic mass is 15.1. The molecule has 0 aliphatic heterocycles. The van der Waals surface area contributed by atoms with Crippen LogP contribution in [0.3, 0.4) is 0 Å². The number of aromatic nitrogens is 3. The summed E-state index contributed by atoms with van der Waals surface area (Å²) < 4.78 is 1.91. The summed E-state index contributed by atoms with van der Waals surface area (Å²) in [6.45, 7) is 0. The largest absolute Gasteiger partial charge is 0.398 e. The Morgan fingerprint density at radius 1 is 1.05 bits per heavy atom. The van der Waals surface area contributed by atoms with Crippen LogP contribution in [0.15, 0.2) is 55.2 Å². The first-order valence-electron chi connectivity index (χ1n) is 6.02. The fraction of sp³-hybridized carbons (Fsp3) is 0. The molecule has 0 aliphatic carbocycles. The number of nitrogens with two attached hydrogens (primary N) is 1. The summed E-state index contributed by atoms with van der Waals surface area (Å²) in [5.41, 5.74) is 9.86. The van der Waals surface area contributed by atoms with E-state index in [1.54, 1.807) is 43.1 Å². The van der Waals surface area contributed by atoms with E-state index >= 15 is 0 Å². The molecular weight excluding hydrogens is 250 g/mol. The molecule has 96 valence electrons. The first kappa shape index (κ1) is 11.9. The van der Waals surface area contributed by atoms with E-state index in [9.17, 15) is 0 Å². The molecule has 5 nitrogen and oxygen atoms in total. The number of imidazole rings is 1. The number of nitrogen functional groups attached to an aromatic ring is 1. The fourth-order valence-corrected chi connectivity index (χ4v) is 2.02. The summed E-state index contributed by atoms with van der Waals surface area (Å²) in [5.74, 6) is 0. The minimum atomic E-state index is 0.622. The standard InChI is InChI=1S/C15H11N5/c16-7-11-1-3-12(4-2-11)20-10-19-9-15(20)13-8-18-6-5-14(13)17/h1-6,8-10H,(H2,17,18). The monoisotopic (exact) mass is 261 g/mol. The van der Waals surface area contributed by atoms with Gasteiger partial charge in [0.2, 0.25) is 0 Å². The van der Waals surface area contributed by atoms with Crippen LogP contribution in [-0.4, -0.2) is 14.5 Å². The summed E-state index contributed by atoms with van der Waals surface area (Å²) in [7, 11) is 0. The maximum atomic E-state index is 8.83. The van der Waals surface area contributed by atoms with E-state index in [2.05, 4.69) is 16.0 Å². The maximum absolute atomic E-state index is 8.83. The van der Waals surface area contributed by atoms with Crippen LogP contribution < -0.4 is 5.73 Å². The molecule has 5 heteroatoms. The average molecular weight is 261 g/mol. The molecule has 0 fully saturated rings. The van der Waals surface area contributed by atoms with Crippen molar-refractivity contribution in [3.63, 3.8) is 0 Å². The van der Waals surface area contributed by atoms with Crippen LogP contribution >= 0.6 is 0 Å². The Bertz CT molecular complexity index is 781. The summed E-state index contributed by atoms with van der Waals surface area (Å²) in [4.78, 5) is 8.27. The van der Waals surface area contributed by atoms with Crippen LogP contribution in [0.5, 0.6) is 0 Å². The number of nitrogens with zero attached hydrogens (tertiary/aromatic N) is 4. The SMILES string of the molecule is N#Cc1ccc(-n2cncc2-c2cnccc2N)cc1. The molecule has 0 spiro atoms. The topological polar surface area (TPSA) is 80.5 Å². The van der Waals surface area contributed by atoms with Crippen LogP contribution in [-0.2, 0) is 0 Å². The van der Waals surface area contributed by atoms with E-state index in [-0.39, 0.29) is 0 Å². The zero-order valence-corrected chi connectivity index (χ0v) is 10.6. The normalized spacial score (nSPS) is 10.2. The van der Waals surface area contributed by atoms with Gasteiger partial charge in [-0.05, 0) is 30.3 Å². The van der Waals surface area contributed by atoms with Gasteiger partial charge >= 0.3 is 0 Å². The zero-order valence-electron chi connectivity index (χ0n) is 10.6. The average Bonchev–Trinajstić information content (AvgIpc) is 2.97. The van der Waals surface area contributed by atoms with Gasteiger partial charge in [0.1, 0.15) is 0 Å². The van der Waals surface area contributed by atoms with Gasteiger partial charge in [0.15, 0.2) is 0 Å². The molecule has 3 rings (SSSR count). The lowest BCUT2D eigenvalue weighted by Gasteiger charge is -2.09. The van der Waals surface area contributed by atoms with Crippen LogP contribution in [0.2, 0.25) is 0 Å². The molecule has 0 unspecified atom stereocenters. The molecule has 0 saturated heterocycles. The Morgan fingerprint density at radius 3 is 2.55 bits per heavy atom. The van der Waals surface area contributed by atoms with Crippen LogP contribution in [0, 0.1) is 11.3 Å². The lowest BCUT2D eigenvalue weighted by atomic mass is 10.1. The fourth-order valence-electron chi connectivity index (χ4n) is 2.02. The van der Waals surface area contributed by atoms with Crippen molar-refractivity contribution in [2.24, 2.45) is 0 Å². The summed E-state index contributed by atoms with van der Waals surface area (Å²) in [5, 5.41) is 8.83. The molecule has 2 N–H and O–H groups in total.